The van der Waals surface area contributed by atoms with Crippen LogP contribution in [0.2, 0.25) is 0 Å². The van der Waals surface area contributed by atoms with Gasteiger partial charge in [0.25, 0.3) is 5.89 Å². The highest BCUT2D eigenvalue weighted by molar-refractivity contribution is 5.52. The Kier molecular flexibility index (Phi) is 3.06. The molecule has 1 aromatic heterocycles. The summed E-state index contributed by atoms with van der Waals surface area (Å²) < 4.78 is 18.2. The maximum absolute atomic E-state index is 12.9. The number of aromatic nitrogens is 2. The van der Waals surface area contributed by atoms with Crippen molar-refractivity contribution < 1.29 is 8.91 Å². The molecular weight excluding hydrogens is 245 g/mol. The van der Waals surface area contributed by atoms with Crippen LogP contribution in [0.5, 0.6) is 0 Å². The van der Waals surface area contributed by atoms with Gasteiger partial charge in [0, 0.05) is 17.5 Å². The third-order valence-corrected chi connectivity index (χ3v) is 3.65. The molecule has 1 saturated heterocycles. The Labute approximate surface area is 111 Å². The molecule has 5 heteroatoms. The predicted molar refractivity (Wildman–Crippen MR) is 69.1 cm³/mol. The van der Waals surface area contributed by atoms with E-state index in [2.05, 4.69) is 22.4 Å². The minimum absolute atomic E-state index is 0.0833. The van der Waals surface area contributed by atoms with Crippen LogP contribution < -0.4 is 5.32 Å². The standard InChI is InChI=1S/C14H16FN3O/c1-14(7-2-8-16-9-14)13-17-12(19-18-13)10-3-5-11(15)6-4-10/h3-6,16H,2,7-9H2,1H3. The smallest absolute Gasteiger partial charge is 0.257 e. The molecule has 2 heterocycles. The minimum atomic E-state index is -0.271. The van der Waals surface area contributed by atoms with Crippen molar-refractivity contribution in [2.24, 2.45) is 0 Å². The van der Waals surface area contributed by atoms with Crippen LogP contribution in [0.25, 0.3) is 11.5 Å². The number of hydrogen-bond donors (Lipinski definition) is 1. The van der Waals surface area contributed by atoms with Crippen molar-refractivity contribution in [3.8, 4) is 11.5 Å². The minimum Gasteiger partial charge on any atom is -0.334 e. The van der Waals surface area contributed by atoms with Crippen molar-refractivity contribution in [2.75, 3.05) is 13.1 Å². The number of benzene rings is 1. The molecule has 1 N–H and O–H groups in total. The number of nitrogens with zero attached hydrogens (tertiary/aromatic N) is 2. The summed E-state index contributed by atoms with van der Waals surface area (Å²) in [7, 11) is 0. The number of nitrogens with one attached hydrogen (secondary N) is 1. The highest BCUT2D eigenvalue weighted by Crippen LogP contribution is 2.30. The van der Waals surface area contributed by atoms with E-state index in [1.54, 1.807) is 12.1 Å². The summed E-state index contributed by atoms with van der Waals surface area (Å²) in [5, 5.41) is 7.45. The second-order valence-corrected chi connectivity index (χ2v) is 5.27. The Bertz CT molecular complexity index is 558. The van der Waals surface area contributed by atoms with Crippen LogP contribution >= 0.6 is 0 Å². The lowest BCUT2D eigenvalue weighted by Gasteiger charge is -2.30. The third-order valence-electron chi connectivity index (χ3n) is 3.65. The van der Waals surface area contributed by atoms with Gasteiger partial charge in [-0.15, -0.1) is 0 Å². The van der Waals surface area contributed by atoms with Gasteiger partial charge in [-0.05, 0) is 43.7 Å². The van der Waals surface area contributed by atoms with Crippen molar-refractivity contribution in [1.82, 2.24) is 15.5 Å². The molecule has 1 unspecified atom stereocenters. The van der Waals surface area contributed by atoms with Gasteiger partial charge in [0.05, 0.1) is 0 Å². The lowest BCUT2D eigenvalue weighted by atomic mass is 9.82. The van der Waals surface area contributed by atoms with E-state index in [4.69, 9.17) is 4.52 Å². The Morgan fingerprint density at radius 3 is 2.79 bits per heavy atom. The van der Waals surface area contributed by atoms with E-state index in [0.29, 0.717) is 5.89 Å². The van der Waals surface area contributed by atoms with Crippen LogP contribution in [-0.2, 0) is 5.41 Å². The van der Waals surface area contributed by atoms with Gasteiger partial charge >= 0.3 is 0 Å². The largest absolute Gasteiger partial charge is 0.334 e. The number of hydrogen-bond acceptors (Lipinski definition) is 4. The van der Waals surface area contributed by atoms with Crippen LogP contribution in [0.1, 0.15) is 25.6 Å². The second-order valence-electron chi connectivity index (χ2n) is 5.27. The fourth-order valence-corrected chi connectivity index (χ4v) is 2.43. The maximum atomic E-state index is 12.9. The first-order valence-corrected chi connectivity index (χ1v) is 6.48. The van der Waals surface area contributed by atoms with Gasteiger partial charge in [0.1, 0.15) is 5.82 Å². The molecule has 0 saturated carbocycles. The van der Waals surface area contributed by atoms with Gasteiger partial charge in [-0.2, -0.15) is 4.98 Å². The summed E-state index contributed by atoms with van der Waals surface area (Å²) in [6.45, 7) is 4.03. The summed E-state index contributed by atoms with van der Waals surface area (Å²) in [5.41, 5.74) is 0.660. The van der Waals surface area contributed by atoms with Crippen LogP contribution in [0.4, 0.5) is 4.39 Å². The second kappa shape index (κ2) is 4.74. The molecule has 19 heavy (non-hydrogen) atoms. The SMILES string of the molecule is CC1(c2noc(-c3ccc(F)cc3)n2)CCCNC1. The van der Waals surface area contributed by atoms with E-state index in [1.807, 2.05) is 0 Å². The zero-order valence-electron chi connectivity index (χ0n) is 10.8. The zero-order chi connectivity index (χ0) is 13.3. The van der Waals surface area contributed by atoms with Crippen LogP contribution in [-0.4, -0.2) is 23.2 Å². The van der Waals surface area contributed by atoms with Gasteiger partial charge in [0.2, 0.25) is 0 Å². The normalized spacial score (nSPS) is 23.5. The van der Waals surface area contributed by atoms with Crippen LogP contribution in [0.3, 0.4) is 0 Å². The average Bonchev–Trinajstić information content (AvgIpc) is 2.91. The van der Waals surface area contributed by atoms with E-state index in [9.17, 15) is 4.39 Å². The first-order valence-electron chi connectivity index (χ1n) is 6.48. The number of piperidine rings is 1. The molecule has 2 aromatic rings. The van der Waals surface area contributed by atoms with E-state index in [1.165, 1.54) is 12.1 Å². The Morgan fingerprint density at radius 1 is 1.32 bits per heavy atom. The van der Waals surface area contributed by atoms with E-state index >= 15 is 0 Å². The van der Waals surface area contributed by atoms with Gasteiger partial charge in [0.15, 0.2) is 5.82 Å². The lowest BCUT2D eigenvalue weighted by molar-refractivity contribution is 0.307. The molecule has 1 aliphatic rings. The van der Waals surface area contributed by atoms with Crippen molar-refractivity contribution in [3.63, 3.8) is 0 Å². The van der Waals surface area contributed by atoms with Crippen molar-refractivity contribution >= 4 is 0 Å². The molecule has 1 fully saturated rings. The molecule has 3 rings (SSSR count). The zero-order valence-corrected chi connectivity index (χ0v) is 10.8. The van der Waals surface area contributed by atoms with Crippen LogP contribution in [0.15, 0.2) is 28.8 Å². The highest BCUT2D eigenvalue weighted by Gasteiger charge is 2.33. The van der Waals surface area contributed by atoms with Gasteiger partial charge in [-0.3, -0.25) is 0 Å². The molecule has 0 aliphatic carbocycles. The quantitative estimate of drug-likeness (QED) is 0.902. The molecule has 0 radical (unpaired) electrons. The molecule has 1 aromatic carbocycles. The molecule has 0 spiro atoms. The first-order chi connectivity index (χ1) is 9.17. The molecule has 1 aliphatic heterocycles. The summed E-state index contributed by atoms with van der Waals surface area (Å²) in [5.74, 6) is 0.896. The Hall–Kier alpha value is -1.75. The fourth-order valence-electron chi connectivity index (χ4n) is 2.43. The van der Waals surface area contributed by atoms with Crippen molar-refractivity contribution in [3.05, 3.63) is 35.9 Å². The summed E-state index contributed by atoms with van der Waals surface area (Å²) in [6.07, 6.45) is 2.15. The fraction of sp³-hybridized carbons (Fsp3) is 0.429. The number of rotatable bonds is 2. The van der Waals surface area contributed by atoms with E-state index < -0.39 is 0 Å². The first kappa shape index (κ1) is 12.3. The topological polar surface area (TPSA) is 51.0 Å². The summed E-state index contributed by atoms with van der Waals surface area (Å²) in [4.78, 5) is 4.47. The lowest BCUT2D eigenvalue weighted by Crippen LogP contribution is -2.41. The monoisotopic (exact) mass is 261 g/mol. The summed E-state index contributed by atoms with van der Waals surface area (Å²) >= 11 is 0. The van der Waals surface area contributed by atoms with Gasteiger partial charge < -0.3 is 9.84 Å². The van der Waals surface area contributed by atoms with Gasteiger partial charge in [-0.1, -0.05) is 12.1 Å². The van der Waals surface area contributed by atoms with E-state index in [0.717, 1.165) is 37.3 Å². The molecule has 1 atom stereocenters. The predicted octanol–water partition coefficient (Wildman–Crippen LogP) is 2.52. The van der Waals surface area contributed by atoms with Crippen molar-refractivity contribution in [2.45, 2.75) is 25.2 Å². The Balaban J connectivity index is 1.88. The highest BCUT2D eigenvalue weighted by atomic mass is 19.1. The van der Waals surface area contributed by atoms with Crippen molar-refractivity contribution in [1.29, 1.82) is 0 Å². The summed E-state index contributed by atoms with van der Waals surface area (Å²) in [6, 6.07) is 6.08. The van der Waals surface area contributed by atoms with E-state index in [-0.39, 0.29) is 11.2 Å². The molecule has 0 bridgehead atoms. The molecular formula is C14H16FN3O. The van der Waals surface area contributed by atoms with Crippen LogP contribution in [0, 0.1) is 5.82 Å². The molecule has 4 nitrogen and oxygen atoms in total. The molecule has 0 amide bonds. The third kappa shape index (κ3) is 2.38. The molecule has 100 valence electrons. The Morgan fingerprint density at radius 2 is 2.11 bits per heavy atom. The number of halogens is 1. The average molecular weight is 261 g/mol. The maximum Gasteiger partial charge on any atom is 0.257 e. The van der Waals surface area contributed by atoms with Gasteiger partial charge in [-0.25, -0.2) is 4.39 Å².